The largest absolute Gasteiger partial charge is 0.274 e. The van der Waals surface area contributed by atoms with E-state index >= 15 is 0 Å². The van der Waals surface area contributed by atoms with Crippen LogP contribution < -0.4 is 4.90 Å². The first-order valence-electron chi connectivity index (χ1n) is 9.13. The molecule has 2 heterocycles. The van der Waals surface area contributed by atoms with Gasteiger partial charge in [0.25, 0.3) is 0 Å². The van der Waals surface area contributed by atoms with Crippen molar-refractivity contribution in [3.05, 3.63) is 45.7 Å². The third-order valence-electron chi connectivity index (χ3n) is 5.64. The van der Waals surface area contributed by atoms with Crippen LogP contribution in [0.4, 0.5) is 5.69 Å². The van der Waals surface area contributed by atoms with Gasteiger partial charge in [-0.25, -0.2) is 0 Å². The molecule has 136 valence electrons. The van der Waals surface area contributed by atoms with Gasteiger partial charge >= 0.3 is 0 Å². The first kappa shape index (κ1) is 17.5. The summed E-state index contributed by atoms with van der Waals surface area (Å²) in [6, 6.07) is 7.71. The van der Waals surface area contributed by atoms with Crippen LogP contribution in [0.25, 0.3) is 0 Å². The third kappa shape index (κ3) is 2.80. The predicted molar refractivity (Wildman–Crippen MR) is 103 cm³/mol. The molecule has 26 heavy (non-hydrogen) atoms. The number of amides is 2. The number of aromatic nitrogens is 2. The van der Waals surface area contributed by atoms with Crippen molar-refractivity contribution in [1.82, 2.24) is 9.78 Å². The lowest BCUT2D eigenvalue weighted by Crippen LogP contribution is -2.30. The number of fused-ring (bicyclic) bond motifs is 1. The molecule has 1 aromatic carbocycles. The van der Waals surface area contributed by atoms with E-state index in [0.29, 0.717) is 12.2 Å². The van der Waals surface area contributed by atoms with E-state index in [1.54, 1.807) is 0 Å². The van der Waals surface area contributed by atoms with Crippen molar-refractivity contribution < 1.29 is 9.59 Å². The first-order valence-corrected chi connectivity index (χ1v) is 9.93. The molecule has 1 saturated heterocycles. The fraction of sp³-hybridized carbons (Fsp3) is 0.450. The molecule has 2 atom stereocenters. The fourth-order valence-electron chi connectivity index (χ4n) is 4.21. The van der Waals surface area contributed by atoms with E-state index < -0.39 is 0 Å². The van der Waals surface area contributed by atoms with Crippen molar-refractivity contribution in [2.24, 2.45) is 11.8 Å². The Balaban J connectivity index is 1.62. The quantitative estimate of drug-likeness (QED) is 0.711. The number of nitrogens with zero attached hydrogens (tertiary/aromatic N) is 3. The summed E-state index contributed by atoms with van der Waals surface area (Å²) in [4.78, 5) is 27.0. The number of anilines is 1. The van der Waals surface area contributed by atoms with Crippen molar-refractivity contribution in [3.8, 4) is 0 Å². The lowest BCUT2D eigenvalue weighted by molar-refractivity contribution is -0.122. The van der Waals surface area contributed by atoms with E-state index in [1.807, 2.05) is 42.8 Å². The van der Waals surface area contributed by atoms with Gasteiger partial charge in [0.2, 0.25) is 11.8 Å². The van der Waals surface area contributed by atoms with Crippen LogP contribution in [-0.4, -0.2) is 21.6 Å². The number of imide groups is 1. The van der Waals surface area contributed by atoms with E-state index in [9.17, 15) is 9.59 Å². The van der Waals surface area contributed by atoms with Gasteiger partial charge in [-0.3, -0.25) is 19.2 Å². The second-order valence-corrected chi connectivity index (χ2v) is 8.11. The fourth-order valence-corrected chi connectivity index (χ4v) is 4.50. The van der Waals surface area contributed by atoms with Gasteiger partial charge in [0, 0.05) is 0 Å². The summed E-state index contributed by atoms with van der Waals surface area (Å²) in [5, 5.41) is 4.54. The van der Waals surface area contributed by atoms with Crippen LogP contribution in [-0.2, 0) is 16.1 Å². The Morgan fingerprint density at radius 1 is 1.12 bits per heavy atom. The first-order chi connectivity index (χ1) is 12.5. The molecule has 1 saturated carbocycles. The average molecular weight is 416 g/mol. The molecule has 0 N–H and O–H groups in total. The van der Waals surface area contributed by atoms with Crippen LogP contribution in [0.2, 0.25) is 0 Å². The van der Waals surface area contributed by atoms with Gasteiger partial charge < -0.3 is 0 Å². The maximum absolute atomic E-state index is 12.8. The zero-order chi connectivity index (χ0) is 18.4. The molecule has 6 heteroatoms. The van der Waals surface area contributed by atoms with E-state index in [1.165, 1.54) is 4.90 Å². The van der Waals surface area contributed by atoms with Crippen LogP contribution >= 0.6 is 15.9 Å². The van der Waals surface area contributed by atoms with Crippen LogP contribution in [0.3, 0.4) is 0 Å². The topological polar surface area (TPSA) is 55.2 Å². The number of carbonyl (C=O) groups is 2. The van der Waals surface area contributed by atoms with Crippen LogP contribution in [0.15, 0.2) is 28.7 Å². The van der Waals surface area contributed by atoms with Crippen LogP contribution in [0, 0.1) is 25.7 Å². The number of hydrogen-bond donors (Lipinski definition) is 0. The van der Waals surface area contributed by atoms with Gasteiger partial charge in [-0.1, -0.05) is 25.0 Å². The summed E-state index contributed by atoms with van der Waals surface area (Å²) >= 11 is 3.55. The SMILES string of the molecule is Cc1nn(Cc2cccc(N3C(=O)C4CCCCC4C3=O)c2)c(C)c1Br. The summed E-state index contributed by atoms with van der Waals surface area (Å²) in [6.07, 6.45) is 3.76. The highest BCUT2D eigenvalue weighted by atomic mass is 79.9. The van der Waals surface area contributed by atoms with Crippen molar-refractivity contribution >= 4 is 33.4 Å². The number of aryl methyl sites for hydroxylation is 1. The lowest BCUT2D eigenvalue weighted by atomic mass is 9.81. The molecular formula is C20H22BrN3O2. The minimum atomic E-state index is -0.119. The third-order valence-corrected chi connectivity index (χ3v) is 6.78. The second kappa shape index (κ2) is 6.65. The summed E-state index contributed by atoms with van der Waals surface area (Å²) < 4.78 is 2.95. The molecule has 0 radical (unpaired) electrons. The summed E-state index contributed by atoms with van der Waals surface area (Å²) in [6.45, 7) is 4.59. The van der Waals surface area contributed by atoms with E-state index in [0.717, 1.165) is 47.1 Å². The molecule has 2 aromatic rings. The number of halogens is 1. The van der Waals surface area contributed by atoms with Crippen LogP contribution in [0.1, 0.15) is 42.6 Å². The van der Waals surface area contributed by atoms with Crippen molar-refractivity contribution in [2.45, 2.75) is 46.1 Å². The molecule has 5 nitrogen and oxygen atoms in total. The minimum absolute atomic E-state index is 0.0225. The van der Waals surface area contributed by atoms with Gasteiger partial charge in [0.15, 0.2) is 0 Å². The zero-order valence-electron chi connectivity index (χ0n) is 15.0. The van der Waals surface area contributed by atoms with Gasteiger partial charge in [0.05, 0.1) is 39.9 Å². The highest BCUT2D eigenvalue weighted by molar-refractivity contribution is 9.10. The highest BCUT2D eigenvalue weighted by Gasteiger charge is 2.48. The Morgan fingerprint density at radius 3 is 2.35 bits per heavy atom. The molecule has 2 amide bonds. The Hall–Kier alpha value is -1.95. The molecule has 4 rings (SSSR count). The lowest BCUT2D eigenvalue weighted by Gasteiger charge is -2.19. The van der Waals surface area contributed by atoms with Gasteiger partial charge in [-0.15, -0.1) is 0 Å². The predicted octanol–water partition coefficient (Wildman–Crippen LogP) is 3.99. The molecular weight excluding hydrogens is 394 g/mol. The Kier molecular flexibility index (Phi) is 4.47. The van der Waals surface area contributed by atoms with E-state index in [-0.39, 0.29) is 23.7 Å². The molecule has 0 spiro atoms. The van der Waals surface area contributed by atoms with Crippen molar-refractivity contribution in [1.29, 1.82) is 0 Å². The maximum atomic E-state index is 12.8. The number of benzene rings is 1. The van der Waals surface area contributed by atoms with Gasteiger partial charge in [-0.05, 0) is 60.3 Å². The van der Waals surface area contributed by atoms with Crippen molar-refractivity contribution in [3.63, 3.8) is 0 Å². The summed E-state index contributed by atoms with van der Waals surface area (Å²) in [7, 11) is 0. The van der Waals surface area contributed by atoms with Crippen molar-refractivity contribution in [2.75, 3.05) is 4.90 Å². The molecule has 2 fully saturated rings. The second-order valence-electron chi connectivity index (χ2n) is 7.32. The monoisotopic (exact) mass is 415 g/mol. The number of hydrogen-bond acceptors (Lipinski definition) is 3. The molecule has 1 aromatic heterocycles. The van der Waals surface area contributed by atoms with E-state index in [2.05, 4.69) is 21.0 Å². The smallest absolute Gasteiger partial charge is 0.237 e. The molecule has 1 aliphatic carbocycles. The maximum Gasteiger partial charge on any atom is 0.237 e. The molecule has 2 unspecified atom stereocenters. The average Bonchev–Trinajstić information content (AvgIpc) is 3.04. The summed E-state index contributed by atoms with van der Waals surface area (Å²) in [5.74, 6) is -0.282. The van der Waals surface area contributed by atoms with Crippen LogP contribution in [0.5, 0.6) is 0 Å². The number of carbonyl (C=O) groups excluding carboxylic acids is 2. The Labute approximate surface area is 161 Å². The molecule has 0 bridgehead atoms. The molecule has 1 aliphatic heterocycles. The highest BCUT2D eigenvalue weighted by Crippen LogP contribution is 2.40. The van der Waals surface area contributed by atoms with Gasteiger partial charge in [-0.2, -0.15) is 5.10 Å². The van der Waals surface area contributed by atoms with Gasteiger partial charge in [0.1, 0.15) is 0 Å². The number of rotatable bonds is 3. The Morgan fingerprint density at radius 2 is 1.77 bits per heavy atom. The Bertz CT molecular complexity index is 865. The zero-order valence-corrected chi connectivity index (χ0v) is 16.6. The molecule has 2 aliphatic rings. The minimum Gasteiger partial charge on any atom is -0.274 e. The normalized spacial score (nSPS) is 22.8. The van der Waals surface area contributed by atoms with E-state index in [4.69, 9.17) is 0 Å². The standard InChI is InChI=1S/C20H22BrN3O2/c1-12-18(21)13(2)23(22-12)11-14-6-5-7-15(10-14)24-19(25)16-8-3-4-9-17(16)20(24)26/h5-7,10,16-17H,3-4,8-9,11H2,1-2H3. The summed E-state index contributed by atoms with van der Waals surface area (Å²) in [5.41, 5.74) is 3.73.